The Morgan fingerprint density at radius 2 is 1.94 bits per heavy atom. The Labute approximate surface area is 99.8 Å². The van der Waals surface area contributed by atoms with Gasteiger partial charge in [0.25, 0.3) is 0 Å². The van der Waals surface area contributed by atoms with Crippen molar-refractivity contribution in [2.24, 2.45) is 4.99 Å². The van der Waals surface area contributed by atoms with E-state index in [1.54, 1.807) is 0 Å². The predicted octanol–water partition coefficient (Wildman–Crippen LogP) is 2.35. The number of likely N-dealkylation sites (N-methyl/N-ethyl adjacent to an activating group) is 1. The normalized spacial score (nSPS) is 20.4. The Hall–Kier alpha value is -0.990. The summed E-state index contributed by atoms with van der Waals surface area (Å²) in [5.74, 6) is 1.13. The fraction of sp³-hybridized carbons (Fsp3) is 0.769. The minimum absolute atomic E-state index is 0.000649. The van der Waals surface area contributed by atoms with Crippen molar-refractivity contribution in [3.8, 4) is 0 Å². The van der Waals surface area contributed by atoms with Crippen LogP contribution in [0.3, 0.4) is 0 Å². The Bertz CT molecular complexity index is 273. The summed E-state index contributed by atoms with van der Waals surface area (Å²) in [4.78, 5) is 9.37. The van der Waals surface area contributed by atoms with Crippen LogP contribution in [0.5, 0.6) is 0 Å². The van der Waals surface area contributed by atoms with Crippen molar-refractivity contribution in [1.29, 1.82) is 0 Å². The van der Waals surface area contributed by atoms with E-state index in [1.807, 2.05) is 0 Å². The van der Waals surface area contributed by atoms with Crippen LogP contribution < -0.4 is 0 Å². The van der Waals surface area contributed by atoms with E-state index >= 15 is 0 Å². The molecule has 0 spiro atoms. The van der Waals surface area contributed by atoms with Crippen molar-refractivity contribution in [2.75, 3.05) is 26.7 Å². The summed E-state index contributed by atoms with van der Waals surface area (Å²) in [5, 5.41) is 0. The van der Waals surface area contributed by atoms with E-state index in [0.717, 1.165) is 32.0 Å². The van der Waals surface area contributed by atoms with Gasteiger partial charge in [-0.3, -0.25) is 0 Å². The van der Waals surface area contributed by atoms with E-state index in [9.17, 15) is 0 Å². The van der Waals surface area contributed by atoms with Crippen LogP contribution in [0, 0.1) is 0 Å². The average Bonchev–Trinajstić information content (AvgIpc) is 2.48. The molecule has 0 radical (unpaired) electrons. The van der Waals surface area contributed by atoms with E-state index in [2.05, 4.69) is 56.7 Å². The van der Waals surface area contributed by atoms with Crippen LogP contribution in [0.25, 0.3) is 0 Å². The molecular weight excluding hydrogens is 198 g/mol. The van der Waals surface area contributed by atoms with E-state index in [-0.39, 0.29) is 5.54 Å². The maximum absolute atomic E-state index is 4.78. The van der Waals surface area contributed by atoms with Gasteiger partial charge in [-0.05, 0) is 27.2 Å². The highest BCUT2D eigenvalue weighted by Gasteiger charge is 2.24. The number of hydrogen-bond donors (Lipinski definition) is 0. The van der Waals surface area contributed by atoms with Crippen molar-refractivity contribution in [3.63, 3.8) is 0 Å². The molecule has 0 aliphatic carbocycles. The maximum atomic E-state index is 4.78. The second kappa shape index (κ2) is 5.37. The molecule has 92 valence electrons. The second-order valence-corrected chi connectivity index (χ2v) is 5.33. The minimum atomic E-state index is 0.000649. The first-order chi connectivity index (χ1) is 7.44. The summed E-state index contributed by atoms with van der Waals surface area (Å²) in [6.07, 6.45) is 5.56. The monoisotopic (exact) mass is 223 g/mol. The number of guanidine groups is 1. The molecule has 0 aromatic carbocycles. The summed E-state index contributed by atoms with van der Waals surface area (Å²) >= 11 is 0. The molecule has 1 aliphatic heterocycles. The lowest BCUT2D eigenvalue weighted by molar-refractivity contribution is 0.489. The number of hydrogen-bond acceptors (Lipinski definition) is 1. The first-order valence-corrected chi connectivity index (χ1v) is 6.15. The Morgan fingerprint density at radius 3 is 2.50 bits per heavy atom. The lowest BCUT2D eigenvalue weighted by Crippen LogP contribution is -2.34. The van der Waals surface area contributed by atoms with Gasteiger partial charge in [0, 0.05) is 26.7 Å². The van der Waals surface area contributed by atoms with Gasteiger partial charge in [0.1, 0.15) is 0 Å². The van der Waals surface area contributed by atoms with Gasteiger partial charge < -0.3 is 9.80 Å². The Balaban J connectivity index is 2.70. The van der Waals surface area contributed by atoms with Gasteiger partial charge in [0.2, 0.25) is 0 Å². The molecule has 3 heteroatoms. The van der Waals surface area contributed by atoms with Crippen LogP contribution in [0.4, 0.5) is 0 Å². The zero-order chi connectivity index (χ0) is 12.2. The highest BCUT2D eigenvalue weighted by Crippen LogP contribution is 2.13. The fourth-order valence-electron chi connectivity index (χ4n) is 1.71. The number of rotatable bonds is 3. The smallest absolute Gasteiger partial charge is 0.197 e. The van der Waals surface area contributed by atoms with Crippen LogP contribution >= 0.6 is 0 Å². The second-order valence-electron chi connectivity index (χ2n) is 5.33. The van der Waals surface area contributed by atoms with Crippen molar-refractivity contribution in [1.82, 2.24) is 9.80 Å². The van der Waals surface area contributed by atoms with E-state index in [1.165, 1.54) is 0 Å². The third kappa shape index (κ3) is 3.87. The highest BCUT2D eigenvalue weighted by molar-refractivity contribution is 5.82. The zero-order valence-electron chi connectivity index (χ0n) is 11.3. The molecule has 0 bridgehead atoms. The molecule has 0 amide bonds. The molecule has 0 saturated carbocycles. The molecular formula is C13H25N3. The van der Waals surface area contributed by atoms with Gasteiger partial charge in [-0.25, -0.2) is 4.99 Å². The van der Waals surface area contributed by atoms with Gasteiger partial charge in [0.15, 0.2) is 5.96 Å². The summed E-state index contributed by atoms with van der Waals surface area (Å²) in [6.45, 7) is 11.7. The first kappa shape index (κ1) is 13.1. The third-order valence-corrected chi connectivity index (χ3v) is 2.49. The van der Waals surface area contributed by atoms with Crippen LogP contribution in [0.2, 0.25) is 0 Å². The fourth-order valence-corrected chi connectivity index (χ4v) is 1.71. The summed E-state index contributed by atoms with van der Waals surface area (Å²) in [6, 6.07) is 0. The Morgan fingerprint density at radius 1 is 1.25 bits per heavy atom. The largest absolute Gasteiger partial charge is 0.344 e. The maximum Gasteiger partial charge on any atom is 0.197 e. The highest BCUT2D eigenvalue weighted by atomic mass is 15.4. The van der Waals surface area contributed by atoms with E-state index < -0.39 is 0 Å². The molecule has 16 heavy (non-hydrogen) atoms. The third-order valence-electron chi connectivity index (χ3n) is 2.49. The molecule has 0 aromatic rings. The summed E-state index contributed by atoms with van der Waals surface area (Å²) < 4.78 is 0. The molecule has 3 nitrogen and oxygen atoms in total. The SMILES string of the molecule is CC/C=C\CN1CCN(C)C1=NC(C)(C)C. The van der Waals surface area contributed by atoms with Gasteiger partial charge in [-0.15, -0.1) is 0 Å². The predicted molar refractivity (Wildman–Crippen MR) is 70.8 cm³/mol. The van der Waals surface area contributed by atoms with E-state index in [0.29, 0.717) is 0 Å². The van der Waals surface area contributed by atoms with Crippen LogP contribution in [-0.2, 0) is 0 Å². The minimum Gasteiger partial charge on any atom is -0.344 e. The molecule has 0 unspecified atom stereocenters. The number of allylic oxidation sites excluding steroid dienone is 1. The lowest BCUT2D eigenvalue weighted by atomic mass is 10.1. The van der Waals surface area contributed by atoms with Gasteiger partial charge in [-0.1, -0.05) is 19.1 Å². The molecule has 1 heterocycles. The van der Waals surface area contributed by atoms with E-state index in [4.69, 9.17) is 4.99 Å². The Kier molecular flexibility index (Phi) is 4.39. The van der Waals surface area contributed by atoms with Gasteiger partial charge in [-0.2, -0.15) is 0 Å². The van der Waals surface area contributed by atoms with Crippen molar-refractivity contribution < 1.29 is 0 Å². The first-order valence-electron chi connectivity index (χ1n) is 6.15. The number of nitrogens with zero attached hydrogens (tertiary/aromatic N) is 3. The molecule has 0 atom stereocenters. The standard InChI is InChI=1S/C13H25N3/c1-6-7-8-9-16-11-10-15(5)12(16)14-13(2,3)4/h7-8H,6,9-11H2,1-5H3/b8-7-,14-12?. The average molecular weight is 223 g/mol. The molecule has 0 aromatic heterocycles. The van der Waals surface area contributed by atoms with Crippen LogP contribution in [0.1, 0.15) is 34.1 Å². The van der Waals surface area contributed by atoms with Crippen LogP contribution in [0.15, 0.2) is 17.1 Å². The molecule has 1 fully saturated rings. The zero-order valence-corrected chi connectivity index (χ0v) is 11.3. The van der Waals surface area contributed by atoms with Crippen molar-refractivity contribution in [3.05, 3.63) is 12.2 Å². The topological polar surface area (TPSA) is 18.8 Å². The summed E-state index contributed by atoms with van der Waals surface area (Å²) in [7, 11) is 2.12. The molecule has 1 saturated heterocycles. The quantitative estimate of drug-likeness (QED) is 0.684. The molecule has 1 rings (SSSR count). The van der Waals surface area contributed by atoms with Gasteiger partial charge in [0.05, 0.1) is 5.54 Å². The summed E-state index contributed by atoms with van der Waals surface area (Å²) in [5.41, 5.74) is 0.000649. The van der Waals surface area contributed by atoms with Crippen molar-refractivity contribution >= 4 is 5.96 Å². The van der Waals surface area contributed by atoms with Gasteiger partial charge >= 0.3 is 0 Å². The molecule has 0 N–H and O–H groups in total. The van der Waals surface area contributed by atoms with Crippen molar-refractivity contribution in [2.45, 2.75) is 39.7 Å². The number of aliphatic imine (C=N–C) groups is 1. The molecule has 1 aliphatic rings. The van der Waals surface area contributed by atoms with Crippen LogP contribution in [-0.4, -0.2) is 48.0 Å². The lowest BCUT2D eigenvalue weighted by Gasteiger charge is -2.23.